The molecule has 104 valence electrons. The van der Waals surface area contributed by atoms with Crippen molar-refractivity contribution < 1.29 is 4.79 Å². The van der Waals surface area contributed by atoms with Crippen LogP contribution in [0.1, 0.15) is 30.7 Å². The molecule has 1 aliphatic carbocycles. The van der Waals surface area contributed by atoms with Crippen LogP contribution in [-0.2, 0) is 4.79 Å². The molecule has 0 aliphatic heterocycles. The van der Waals surface area contributed by atoms with Crippen LogP contribution in [-0.4, -0.2) is 28.5 Å². The van der Waals surface area contributed by atoms with E-state index in [2.05, 4.69) is 26.0 Å². The number of carbonyl (C=O) groups is 1. The number of nitrogens with one attached hydrogen (secondary N) is 3. The highest BCUT2D eigenvalue weighted by Crippen LogP contribution is 2.19. The molecule has 0 saturated heterocycles. The number of hydrogen-bond donors (Lipinski definition) is 4. The van der Waals surface area contributed by atoms with Crippen molar-refractivity contribution in [3.05, 3.63) is 11.4 Å². The predicted octanol–water partition coefficient (Wildman–Crippen LogP) is 0.460. The minimum absolute atomic E-state index is 0.0793. The summed E-state index contributed by atoms with van der Waals surface area (Å²) in [6.45, 7) is 4.21. The topological polar surface area (TPSA) is 105 Å². The standard InChI is InChI=1S/C12H20N6O/c1-7-11(15-8(2)16-12(7)18-13)14-6-5-10(19)17-9-3-4-9/h9H,3-6,13H2,1-2H3,(H,17,19)(H2,14,15,16,18). The second-order valence-corrected chi connectivity index (χ2v) is 4.76. The Bertz CT molecular complexity index is 472. The average Bonchev–Trinajstić information content (AvgIpc) is 3.16. The van der Waals surface area contributed by atoms with E-state index >= 15 is 0 Å². The summed E-state index contributed by atoms with van der Waals surface area (Å²) in [6.07, 6.45) is 2.65. The van der Waals surface area contributed by atoms with Gasteiger partial charge in [-0.15, -0.1) is 0 Å². The number of aryl methyl sites for hydroxylation is 1. The molecule has 1 saturated carbocycles. The second-order valence-electron chi connectivity index (χ2n) is 4.76. The number of nitrogens with zero attached hydrogens (tertiary/aromatic N) is 2. The highest BCUT2D eigenvalue weighted by atomic mass is 16.1. The van der Waals surface area contributed by atoms with Gasteiger partial charge in [0.05, 0.1) is 0 Å². The highest BCUT2D eigenvalue weighted by Gasteiger charge is 2.22. The summed E-state index contributed by atoms with van der Waals surface area (Å²) in [5.74, 6) is 7.41. The Labute approximate surface area is 112 Å². The van der Waals surface area contributed by atoms with E-state index in [0.717, 1.165) is 18.4 Å². The number of amides is 1. The first kappa shape index (κ1) is 13.5. The van der Waals surface area contributed by atoms with Gasteiger partial charge >= 0.3 is 0 Å². The number of rotatable bonds is 6. The molecule has 1 aromatic heterocycles. The van der Waals surface area contributed by atoms with Crippen LogP contribution in [0.3, 0.4) is 0 Å². The van der Waals surface area contributed by atoms with Gasteiger partial charge in [-0.05, 0) is 26.7 Å². The molecular formula is C12H20N6O. The normalized spacial score (nSPS) is 14.1. The van der Waals surface area contributed by atoms with Crippen molar-refractivity contribution in [3.8, 4) is 0 Å². The number of hydrazine groups is 1. The Kier molecular flexibility index (Phi) is 4.16. The van der Waals surface area contributed by atoms with E-state index < -0.39 is 0 Å². The van der Waals surface area contributed by atoms with E-state index in [4.69, 9.17) is 5.84 Å². The molecule has 19 heavy (non-hydrogen) atoms. The average molecular weight is 264 g/mol. The molecule has 5 N–H and O–H groups in total. The zero-order valence-corrected chi connectivity index (χ0v) is 11.3. The Hall–Kier alpha value is -1.89. The van der Waals surface area contributed by atoms with Crippen LogP contribution in [0.2, 0.25) is 0 Å². The smallest absolute Gasteiger partial charge is 0.221 e. The minimum Gasteiger partial charge on any atom is -0.369 e. The summed E-state index contributed by atoms with van der Waals surface area (Å²) < 4.78 is 0. The predicted molar refractivity (Wildman–Crippen MR) is 73.6 cm³/mol. The molecule has 1 amide bonds. The van der Waals surface area contributed by atoms with Crippen molar-refractivity contribution in [1.29, 1.82) is 0 Å². The summed E-state index contributed by atoms with van der Waals surface area (Å²) in [5, 5.41) is 6.09. The minimum atomic E-state index is 0.0793. The summed E-state index contributed by atoms with van der Waals surface area (Å²) in [5.41, 5.74) is 3.38. The zero-order chi connectivity index (χ0) is 13.8. The number of aromatic nitrogens is 2. The van der Waals surface area contributed by atoms with Gasteiger partial charge in [0.2, 0.25) is 5.91 Å². The Morgan fingerprint density at radius 1 is 1.32 bits per heavy atom. The zero-order valence-electron chi connectivity index (χ0n) is 11.3. The molecule has 0 spiro atoms. The molecule has 1 aromatic rings. The molecule has 0 unspecified atom stereocenters. The fourth-order valence-electron chi connectivity index (χ4n) is 1.76. The van der Waals surface area contributed by atoms with Crippen LogP contribution >= 0.6 is 0 Å². The first-order chi connectivity index (χ1) is 9.10. The molecular weight excluding hydrogens is 244 g/mol. The number of nitrogens with two attached hydrogens (primary N) is 1. The Morgan fingerprint density at radius 3 is 2.63 bits per heavy atom. The third-order valence-electron chi connectivity index (χ3n) is 2.98. The third-order valence-corrected chi connectivity index (χ3v) is 2.98. The van der Waals surface area contributed by atoms with E-state index in [-0.39, 0.29) is 5.91 Å². The molecule has 0 aromatic carbocycles. The molecule has 1 heterocycles. The van der Waals surface area contributed by atoms with Crippen molar-refractivity contribution >= 4 is 17.5 Å². The van der Waals surface area contributed by atoms with E-state index in [1.807, 2.05) is 6.92 Å². The Balaban J connectivity index is 1.87. The lowest BCUT2D eigenvalue weighted by Gasteiger charge is -2.12. The van der Waals surface area contributed by atoms with Crippen molar-refractivity contribution in [2.75, 3.05) is 17.3 Å². The van der Waals surface area contributed by atoms with E-state index in [9.17, 15) is 4.79 Å². The van der Waals surface area contributed by atoms with Gasteiger partial charge in [-0.2, -0.15) is 0 Å². The summed E-state index contributed by atoms with van der Waals surface area (Å²) >= 11 is 0. The molecule has 2 rings (SSSR count). The monoisotopic (exact) mass is 264 g/mol. The van der Waals surface area contributed by atoms with E-state index in [1.54, 1.807) is 6.92 Å². The maximum absolute atomic E-state index is 11.5. The fourth-order valence-corrected chi connectivity index (χ4v) is 1.76. The number of carbonyl (C=O) groups excluding carboxylic acids is 1. The number of nitrogen functional groups attached to an aromatic ring is 1. The third kappa shape index (κ3) is 3.78. The second kappa shape index (κ2) is 5.83. The summed E-state index contributed by atoms with van der Waals surface area (Å²) in [4.78, 5) is 20.0. The van der Waals surface area contributed by atoms with Gasteiger partial charge in [0, 0.05) is 24.6 Å². The van der Waals surface area contributed by atoms with Crippen LogP contribution in [0.25, 0.3) is 0 Å². The van der Waals surface area contributed by atoms with Crippen LogP contribution in [0.4, 0.5) is 11.6 Å². The van der Waals surface area contributed by atoms with Crippen LogP contribution in [0.5, 0.6) is 0 Å². The molecule has 7 nitrogen and oxygen atoms in total. The number of anilines is 2. The molecule has 1 aliphatic rings. The molecule has 0 bridgehead atoms. The van der Waals surface area contributed by atoms with Crippen molar-refractivity contribution in [3.63, 3.8) is 0 Å². The quantitative estimate of drug-likeness (QED) is 0.439. The van der Waals surface area contributed by atoms with Crippen LogP contribution in [0.15, 0.2) is 0 Å². The van der Waals surface area contributed by atoms with Gasteiger partial charge in [0.15, 0.2) is 0 Å². The largest absolute Gasteiger partial charge is 0.369 e. The van der Waals surface area contributed by atoms with Gasteiger partial charge in [0.1, 0.15) is 17.5 Å². The molecule has 7 heteroatoms. The SMILES string of the molecule is Cc1nc(NN)c(C)c(NCCC(=O)NC2CC2)n1. The van der Waals surface area contributed by atoms with Crippen molar-refractivity contribution in [2.24, 2.45) is 5.84 Å². The van der Waals surface area contributed by atoms with E-state index in [1.165, 1.54) is 0 Å². The van der Waals surface area contributed by atoms with Gasteiger partial charge in [-0.25, -0.2) is 15.8 Å². The lowest BCUT2D eigenvalue weighted by molar-refractivity contribution is -0.120. The van der Waals surface area contributed by atoms with Crippen molar-refractivity contribution in [1.82, 2.24) is 15.3 Å². The van der Waals surface area contributed by atoms with Crippen molar-refractivity contribution in [2.45, 2.75) is 39.2 Å². The molecule has 0 atom stereocenters. The first-order valence-corrected chi connectivity index (χ1v) is 6.45. The van der Waals surface area contributed by atoms with E-state index in [0.29, 0.717) is 36.5 Å². The lowest BCUT2D eigenvalue weighted by Crippen LogP contribution is -2.27. The van der Waals surface area contributed by atoms with Crippen LogP contribution < -0.4 is 21.9 Å². The first-order valence-electron chi connectivity index (χ1n) is 6.45. The van der Waals surface area contributed by atoms with Gasteiger partial charge < -0.3 is 16.1 Å². The van der Waals surface area contributed by atoms with Gasteiger partial charge in [-0.1, -0.05) is 0 Å². The maximum atomic E-state index is 11.5. The Morgan fingerprint density at radius 2 is 2.00 bits per heavy atom. The summed E-state index contributed by atoms with van der Waals surface area (Å²) in [7, 11) is 0. The fraction of sp³-hybridized carbons (Fsp3) is 0.583. The number of hydrogen-bond acceptors (Lipinski definition) is 6. The summed E-state index contributed by atoms with van der Waals surface area (Å²) in [6, 6.07) is 0.406. The molecule has 0 radical (unpaired) electrons. The van der Waals surface area contributed by atoms with Gasteiger partial charge in [-0.3, -0.25) is 4.79 Å². The molecule has 1 fully saturated rings. The van der Waals surface area contributed by atoms with Gasteiger partial charge in [0.25, 0.3) is 0 Å². The maximum Gasteiger partial charge on any atom is 0.221 e. The van der Waals surface area contributed by atoms with Crippen LogP contribution in [0, 0.1) is 13.8 Å². The lowest BCUT2D eigenvalue weighted by atomic mass is 10.3. The highest BCUT2D eigenvalue weighted by molar-refractivity contribution is 5.77.